The summed E-state index contributed by atoms with van der Waals surface area (Å²) in [5.74, 6) is 0.436. The van der Waals surface area contributed by atoms with E-state index in [-0.39, 0.29) is 11.7 Å². The lowest BCUT2D eigenvalue weighted by molar-refractivity contribution is -0.116. The fraction of sp³-hybridized carbons (Fsp3) is 0.353. The lowest BCUT2D eigenvalue weighted by Crippen LogP contribution is -2.47. The average molecular weight is 329 g/mol. The standard InChI is InChI=1S/C17H20FN5O/c18-14-2-1-3-15(12-14)21-17(24)4-7-22-8-10-23(11-9-22)16-13-19-5-6-20-16/h1-3,5-6,12-13H,4,7-11H2,(H,21,24). The van der Waals surface area contributed by atoms with Gasteiger partial charge in [0.25, 0.3) is 0 Å². The number of anilines is 2. The second-order valence-electron chi connectivity index (χ2n) is 5.70. The molecule has 1 aliphatic rings. The number of rotatable bonds is 5. The zero-order valence-electron chi connectivity index (χ0n) is 13.4. The molecule has 0 saturated carbocycles. The van der Waals surface area contributed by atoms with Crippen molar-refractivity contribution in [3.63, 3.8) is 0 Å². The van der Waals surface area contributed by atoms with Gasteiger partial charge in [-0.05, 0) is 18.2 Å². The van der Waals surface area contributed by atoms with Crippen LogP contribution in [0.1, 0.15) is 6.42 Å². The van der Waals surface area contributed by atoms with Gasteiger partial charge >= 0.3 is 0 Å². The molecule has 2 heterocycles. The largest absolute Gasteiger partial charge is 0.353 e. The van der Waals surface area contributed by atoms with E-state index in [9.17, 15) is 9.18 Å². The van der Waals surface area contributed by atoms with Gasteiger partial charge in [0.2, 0.25) is 5.91 Å². The fourth-order valence-corrected chi connectivity index (χ4v) is 2.70. The fourth-order valence-electron chi connectivity index (χ4n) is 2.70. The number of benzene rings is 1. The first-order valence-electron chi connectivity index (χ1n) is 7.99. The molecule has 1 saturated heterocycles. The molecule has 1 aliphatic heterocycles. The van der Waals surface area contributed by atoms with Gasteiger partial charge in [-0.15, -0.1) is 0 Å². The van der Waals surface area contributed by atoms with E-state index in [0.29, 0.717) is 18.7 Å². The van der Waals surface area contributed by atoms with E-state index in [1.165, 1.54) is 12.1 Å². The zero-order valence-corrected chi connectivity index (χ0v) is 13.4. The van der Waals surface area contributed by atoms with Crippen LogP contribution in [0.2, 0.25) is 0 Å². The third-order valence-electron chi connectivity index (χ3n) is 4.01. The molecule has 7 heteroatoms. The summed E-state index contributed by atoms with van der Waals surface area (Å²) in [5, 5.41) is 2.72. The molecule has 1 fully saturated rings. The highest BCUT2D eigenvalue weighted by Gasteiger charge is 2.18. The topological polar surface area (TPSA) is 61.4 Å². The van der Waals surface area contributed by atoms with E-state index in [1.54, 1.807) is 30.7 Å². The average Bonchev–Trinajstić information content (AvgIpc) is 2.61. The molecule has 0 bridgehead atoms. The van der Waals surface area contributed by atoms with Crippen molar-refractivity contribution in [3.05, 3.63) is 48.7 Å². The smallest absolute Gasteiger partial charge is 0.225 e. The quantitative estimate of drug-likeness (QED) is 0.906. The van der Waals surface area contributed by atoms with Crippen molar-refractivity contribution in [2.45, 2.75) is 6.42 Å². The maximum atomic E-state index is 13.1. The van der Waals surface area contributed by atoms with Crippen molar-refractivity contribution in [3.8, 4) is 0 Å². The van der Waals surface area contributed by atoms with Gasteiger partial charge < -0.3 is 10.2 Å². The predicted octanol–water partition coefficient (Wildman–Crippen LogP) is 1.77. The summed E-state index contributed by atoms with van der Waals surface area (Å²) in [6, 6.07) is 5.93. The highest BCUT2D eigenvalue weighted by Crippen LogP contribution is 2.12. The van der Waals surface area contributed by atoms with Crippen molar-refractivity contribution in [1.29, 1.82) is 0 Å². The minimum absolute atomic E-state index is 0.100. The normalized spacial score (nSPS) is 15.3. The van der Waals surface area contributed by atoms with E-state index in [0.717, 1.165) is 32.0 Å². The van der Waals surface area contributed by atoms with Crippen LogP contribution in [0.15, 0.2) is 42.9 Å². The maximum Gasteiger partial charge on any atom is 0.225 e. The first kappa shape index (κ1) is 16.3. The van der Waals surface area contributed by atoms with Crippen LogP contribution in [0.4, 0.5) is 15.9 Å². The Labute approximate surface area is 140 Å². The van der Waals surface area contributed by atoms with E-state index in [4.69, 9.17) is 0 Å². The van der Waals surface area contributed by atoms with Gasteiger partial charge in [0.15, 0.2) is 0 Å². The van der Waals surface area contributed by atoms with Crippen molar-refractivity contribution >= 4 is 17.4 Å². The minimum atomic E-state index is -0.354. The Morgan fingerprint density at radius 2 is 2.04 bits per heavy atom. The molecule has 0 atom stereocenters. The number of nitrogens with one attached hydrogen (secondary N) is 1. The predicted molar refractivity (Wildman–Crippen MR) is 90.3 cm³/mol. The molecule has 2 aromatic rings. The van der Waals surface area contributed by atoms with E-state index >= 15 is 0 Å². The lowest BCUT2D eigenvalue weighted by Gasteiger charge is -2.35. The third kappa shape index (κ3) is 4.48. The molecule has 126 valence electrons. The number of nitrogens with zero attached hydrogens (tertiary/aromatic N) is 4. The summed E-state index contributed by atoms with van der Waals surface area (Å²) >= 11 is 0. The monoisotopic (exact) mass is 329 g/mol. The second-order valence-corrected chi connectivity index (χ2v) is 5.70. The Hall–Kier alpha value is -2.54. The Morgan fingerprint density at radius 3 is 2.75 bits per heavy atom. The third-order valence-corrected chi connectivity index (χ3v) is 4.01. The van der Waals surface area contributed by atoms with Gasteiger partial charge in [0, 0.05) is 57.2 Å². The number of halogens is 1. The van der Waals surface area contributed by atoms with Crippen LogP contribution in [0, 0.1) is 5.82 Å². The molecule has 0 radical (unpaired) electrons. The van der Waals surface area contributed by atoms with Crippen molar-refractivity contribution in [1.82, 2.24) is 14.9 Å². The van der Waals surface area contributed by atoms with Crippen LogP contribution in [0.5, 0.6) is 0 Å². The Balaban J connectivity index is 1.41. The molecule has 6 nitrogen and oxygen atoms in total. The summed E-state index contributed by atoms with van der Waals surface area (Å²) in [7, 11) is 0. The Morgan fingerprint density at radius 1 is 1.21 bits per heavy atom. The Bertz CT molecular complexity index is 674. The van der Waals surface area contributed by atoms with Crippen LogP contribution >= 0.6 is 0 Å². The van der Waals surface area contributed by atoms with Crippen LogP contribution in [-0.4, -0.2) is 53.5 Å². The summed E-state index contributed by atoms with van der Waals surface area (Å²) in [6.07, 6.45) is 5.51. The van der Waals surface area contributed by atoms with Crippen molar-refractivity contribution in [2.75, 3.05) is 42.9 Å². The number of aromatic nitrogens is 2. The summed E-state index contributed by atoms with van der Waals surface area (Å²) in [4.78, 5) is 24.8. The number of carbonyl (C=O) groups is 1. The highest BCUT2D eigenvalue weighted by molar-refractivity contribution is 5.90. The number of hydrogen-bond acceptors (Lipinski definition) is 5. The maximum absolute atomic E-state index is 13.1. The van der Waals surface area contributed by atoms with Crippen LogP contribution in [-0.2, 0) is 4.79 Å². The zero-order chi connectivity index (χ0) is 16.8. The van der Waals surface area contributed by atoms with E-state index in [1.807, 2.05) is 0 Å². The Kier molecular flexibility index (Phi) is 5.32. The van der Waals surface area contributed by atoms with Crippen LogP contribution in [0.25, 0.3) is 0 Å². The van der Waals surface area contributed by atoms with Gasteiger partial charge in [0.05, 0.1) is 6.20 Å². The van der Waals surface area contributed by atoms with Gasteiger partial charge in [-0.25, -0.2) is 9.37 Å². The number of carbonyl (C=O) groups excluding carboxylic acids is 1. The number of piperazine rings is 1. The van der Waals surface area contributed by atoms with E-state index in [2.05, 4.69) is 25.1 Å². The second kappa shape index (κ2) is 7.83. The van der Waals surface area contributed by atoms with Crippen LogP contribution < -0.4 is 10.2 Å². The molecule has 1 amide bonds. The number of hydrogen-bond donors (Lipinski definition) is 1. The van der Waals surface area contributed by atoms with E-state index < -0.39 is 0 Å². The molecule has 0 spiro atoms. The SMILES string of the molecule is O=C(CCN1CCN(c2cnccn2)CC1)Nc1cccc(F)c1. The first-order valence-corrected chi connectivity index (χ1v) is 7.99. The van der Waals surface area contributed by atoms with Crippen LogP contribution in [0.3, 0.4) is 0 Å². The first-order chi connectivity index (χ1) is 11.7. The van der Waals surface area contributed by atoms with Crippen molar-refractivity contribution in [2.24, 2.45) is 0 Å². The molecule has 0 aliphatic carbocycles. The molecule has 0 unspecified atom stereocenters. The highest BCUT2D eigenvalue weighted by atomic mass is 19.1. The van der Waals surface area contributed by atoms with Gasteiger partial charge in [-0.1, -0.05) is 6.07 Å². The van der Waals surface area contributed by atoms with Gasteiger partial charge in [-0.3, -0.25) is 14.7 Å². The van der Waals surface area contributed by atoms with Crippen molar-refractivity contribution < 1.29 is 9.18 Å². The molecule has 3 rings (SSSR count). The summed E-state index contributed by atoms with van der Waals surface area (Å²) in [6.45, 7) is 4.18. The molecule has 1 N–H and O–H groups in total. The molecular weight excluding hydrogens is 309 g/mol. The molecule has 24 heavy (non-hydrogen) atoms. The minimum Gasteiger partial charge on any atom is -0.353 e. The molecular formula is C17H20FN5O. The van der Waals surface area contributed by atoms with Gasteiger partial charge in [-0.2, -0.15) is 0 Å². The summed E-state index contributed by atoms with van der Waals surface area (Å²) < 4.78 is 13.1. The lowest BCUT2D eigenvalue weighted by atomic mass is 10.2. The molecule has 1 aromatic heterocycles. The van der Waals surface area contributed by atoms with Gasteiger partial charge in [0.1, 0.15) is 11.6 Å². The molecule has 1 aromatic carbocycles. The summed E-state index contributed by atoms with van der Waals surface area (Å²) in [5.41, 5.74) is 0.493. The number of amides is 1.